The Labute approximate surface area is 97.9 Å². The maximum Gasteiger partial charge on any atom is 0.341 e. The largest absolute Gasteiger partial charge is 0.477 e. The molecule has 0 aliphatic heterocycles. The number of aryl methyl sites for hydroxylation is 3. The van der Waals surface area contributed by atoms with E-state index >= 15 is 0 Å². The van der Waals surface area contributed by atoms with Gasteiger partial charge in [0.15, 0.2) is 0 Å². The summed E-state index contributed by atoms with van der Waals surface area (Å²) in [5, 5.41) is 9.47. The topological polar surface area (TPSA) is 64.2 Å². The van der Waals surface area contributed by atoms with Crippen LogP contribution in [0.1, 0.15) is 23.0 Å². The summed E-state index contributed by atoms with van der Waals surface area (Å²) in [7, 11) is 1.86. The van der Waals surface area contributed by atoms with Crippen molar-refractivity contribution in [3.63, 3.8) is 0 Å². The highest BCUT2D eigenvalue weighted by Gasteiger charge is 2.16. The van der Waals surface area contributed by atoms with Gasteiger partial charge in [-0.05, 0) is 19.9 Å². The number of nitrogens with zero attached hydrogens (tertiary/aromatic N) is 2. The summed E-state index contributed by atoms with van der Waals surface area (Å²) in [4.78, 5) is 23.0. The smallest absolute Gasteiger partial charge is 0.341 e. The van der Waals surface area contributed by atoms with E-state index in [0.29, 0.717) is 11.9 Å². The molecule has 0 aliphatic carbocycles. The number of carboxylic acids is 1. The van der Waals surface area contributed by atoms with Gasteiger partial charge in [-0.25, -0.2) is 4.79 Å². The summed E-state index contributed by atoms with van der Waals surface area (Å²) >= 11 is 0. The van der Waals surface area contributed by atoms with E-state index < -0.39 is 11.4 Å². The van der Waals surface area contributed by atoms with E-state index in [2.05, 4.69) is 0 Å². The van der Waals surface area contributed by atoms with Gasteiger partial charge in [0.2, 0.25) is 5.43 Å². The fraction of sp³-hybridized carbons (Fsp3) is 0.333. The number of aromatic nitrogens is 2. The molecule has 17 heavy (non-hydrogen) atoms. The van der Waals surface area contributed by atoms with Crippen molar-refractivity contribution in [2.45, 2.75) is 20.4 Å². The number of carboxylic acid groups (broad SMARTS) is 1. The first-order valence-electron chi connectivity index (χ1n) is 5.40. The molecule has 0 bridgehead atoms. The molecule has 1 N–H and O–H groups in total. The SMILES string of the molecule is CCn1cc(C(=O)O)c(=O)c2cc(C)n(C)c21. The number of hydrogen-bond acceptors (Lipinski definition) is 2. The number of rotatable bonds is 2. The van der Waals surface area contributed by atoms with Crippen LogP contribution in [0.4, 0.5) is 0 Å². The monoisotopic (exact) mass is 234 g/mol. The highest BCUT2D eigenvalue weighted by Crippen LogP contribution is 2.16. The quantitative estimate of drug-likeness (QED) is 0.853. The molecule has 0 atom stereocenters. The molecule has 2 rings (SSSR count). The molecule has 0 aliphatic rings. The van der Waals surface area contributed by atoms with Crippen molar-refractivity contribution in [2.24, 2.45) is 7.05 Å². The van der Waals surface area contributed by atoms with Crippen LogP contribution in [-0.2, 0) is 13.6 Å². The Morgan fingerprint density at radius 2 is 2.12 bits per heavy atom. The number of pyridine rings is 1. The standard InChI is InChI=1S/C12H14N2O3/c1-4-14-6-9(12(16)17)10(15)8-5-7(2)13(3)11(8)14/h5-6H,4H2,1-3H3,(H,16,17). The molecule has 2 aromatic rings. The van der Waals surface area contributed by atoms with Crippen LogP contribution < -0.4 is 5.43 Å². The second kappa shape index (κ2) is 3.76. The Bertz CT molecular complexity index is 664. The van der Waals surface area contributed by atoms with Crippen molar-refractivity contribution in [3.8, 4) is 0 Å². The molecule has 0 saturated heterocycles. The summed E-state index contributed by atoms with van der Waals surface area (Å²) in [6.07, 6.45) is 1.41. The van der Waals surface area contributed by atoms with Crippen molar-refractivity contribution in [1.82, 2.24) is 9.13 Å². The number of carbonyl (C=O) groups is 1. The molecule has 0 spiro atoms. The molecule has 5 heteroatoms. The second-order valence-electron chi connectivity index (χ2n) is 4.05. The van der Waals surface area contributed by atoms with E-state index in [1.807, 2.05) is 25.5 Å². The third-order valence-corrected chi connectivity index (χ3v) is 3.06. The Kier molecular flexibility index (Phi) is 2.53. The molecular formula is C12H14N2O3. The first kappa shape index (κ1) is 11.4. The van der Waals surface area contributed by atoms with Crippen LogP contribution in [0.25, 0.3) is 11.0 Å². The van der Waals surface area contributed by atoms with Crippen molar-refractivity contribution < 1.29 is 9.90 Å². The fourth-order valence-corrected chi connectivity index (χ4v) is 2.05. The number of aromatic carboxylic acids is 1. The molecule has 0 aromatic carbocycles. The van der Waals surface area contributed by atoms with Gasteiger partial charge < -0.3 is 14.2 Å². The molecule has 5 nitrogen and oxygen atoms in total. The average Bonchev–Trinajstić information content (AvgIpc) is 2.57. The van der Waals surface area contributed by atoms with E-state index in [9.17, 15) is 9.59 Å². The van der Waals surface area contributed by atoms with Gasteiger partial charge in [-0.15, -0.1) is 0 Å². The third kappa shape index (κ3) is 1.54. The third-order valence-electron chi connectivity index (χ3n) is 3.06. The molecule has 2 aromatic heterocycles. The fourth-order valence-electron chi connectivity index (χ4n) is 2.05. The maximum atomic E-state index is 12.0. The highest BCUT2D eigenvalue weighted by molar-refractivity contribution is 5.92. The first-order chi connectivity index (χ1) is 7.97. The predicted molar refractivity (Wildman–Crippen MR) is 64.5 cm³/mol. The molecular weight excluding hydrogens is 220 g/mol. The lowest BCUT2D eigenvalue weighted by atomic mass is 10.2. The number of hydrogen-bond donors (Lipinski definition) is 1. The van der Waals surface area contributed by atoms with Gasteiger partial charge in [0.05, 0.1) is 5.39 Å². The Hall–Kier alpha value is -2.04. The van der Waals surface area contributed by atoms with E-state index in [1.54, 1.807) is 10.6 Å². The van der Waals surface area contributed by atoms with Crippen molar-refractivity contribution in [1.29, 1.82) is 0 Å². The van der Waals surface area contributed by atoms with E-state index in [-0.39, 0.29) is 5.56 Å². The van der Waals surface area contributed by atoms with Gasteiger partial charge in [0, 0.05) is 25.5 Å². The van der Waals surface area contributed by atoms with Crippen LogP contribution in [0.3, 0.4) is 0 Å². The summed E-state index contributed by atoms with van der Waals surface area (Å²) in [5.41, 5.74) is 1.10. The van der Waals surface area contributed by atoms with Crippen LogP contribution in [0.5, 0.6) is 0 Å². The lowest BCUT2D eigenvalue weighted by Crippen LogP contribution is -2.18. The predicted octanol–water partition coefficient (Wildman–Crippen LogP) is 1.37. The van der Waals surface area contributed by atoms with Crippen LogP contribution in [0.15, 0.2) is 17.1 Å². The lowest BCUT2D eigenvalue weighted by Gasteiger charge is -2.09. The molecule has 0 unspecified atom stereocenters. The Morgan fingerprint density at radius 1 is 1.47 bits per heavy atom. The van der Waals surface area contributed by atoms with Crippen LogP contribution >= 0.6 is 0 Å². The minimum Gasteiger partial charge on any atom is -0.477 e. The van der Waals surface area contributed by atoms with Crippen molar-refractivity contribution >= 4 is 17.0 Å². The lowest BCUT2D eigenvalue weighted by molar-refractivity contribution is 0.0695. The van der Waals surface area contributed by atoms with Crippen LogP contribution in [-0.4, -0.2) is 20.2 Å². The van der Waals surface area contributed by atoms with E-state index in [4.69, 9.17) is 5.11 Å². The van der Waals surface area contributed by atoms with Gasteiger partial charge in [0.25, 0.3) is 0 Å². The van der Waals surface area contributed by atoms with Crippen LogP contribution in [0.2, 0.25) is 0 Å². The summed E-state index contributed by atoms with van der Waals surface area (Å²) < 4.78 is 3.68. The minimum atomic E-state index is -1.18. The zero-order valence-corrected chi connectivity index (χ0v) is 10.0. The van der Waals surface area contributed by atoms with E-state index in [1.165, 1.54) is 6.20 Å². The zero-order chi connectivity index (χ0) is 12.7. The summed E-state index contributed by atoms with van der Waals surface area (Å²) in [6, 6.07) is 1.73. The van der Waals surface area contributed by atoms with Gasteiger partial charge in [0.1, 0.15) is 11.2 Å². The van der Waals surface area contributed by atoms with Gasteiger partial charge in [-0.1, -0.05) is 0 Å². The molecule has 2 heterocycles. The normalized spacial score (nSPS) is 11.0. The van der Waals surface area contributed by atoms with Crippen molar-refractivity contribution in [2.75, 3.05) is 0 Å². The van der Waals surface area contributed by atoms with Gasteiger partial charge in [-0.3, -0.25) is 4.79 Å². The maximum absolute atomic E-state index is 12.0. The highest BCUT2D eigenvalue weighted by atomic mass is 16.4. The minimum absolute atomic E-state index is 0.176. The Morgan fingerprint density at radius 3 is 2.65 bits per heavy atom. The van der Waals surface area contributed by atoms with Crippen LogP contribution in [0, 0.1) is 6.92 Å². The molecule has 0 saturated carbocycles. The molecule has 0 amide bonds. The zero-order valence-electron chi connectivity index (χ0n) is 10.0. The molecule has 0 fully saturated rings. The summed E-state index contributed by atoms with van der Waals surface area (Å²) in [5.74, 6) is -1.18. The van der Waals surface area contributed by atoms with Crippen molar-refractivity contribution in [3.05, 3.63) is 33.7 Å². The van der Waals surface area contributed by atoms with E-state index in [0.717, 1.165) is 11.3 Å². The Balaban J connectivity index is 3.00. The van der Waals surface area contributed by atoms with Gasteiger partial charge in [-0.2, -0.15) is 0 Å². The average molecular weight is 234 g/mol. The molecule has 0 radical (unpaired) electrons. The summed E-state index contributed by atoms with van der Waals surface area (Å²) in [6.45, 7) is 4.42. The number of fused-ring (bicyclic) bond motifs is 1. The van der Waals surface area contributed by atoms with Gasteiger partial charge >= 0.3 is 5.97 Å². The second-order valence-corrected chi connectivity index (χ2v) is 4.05. The molecule has 90 valence electrons. The first-order valence-corrected chi connectivity index (χ1v) is 5.40.